The molecule has 0 saturated heterocycles. The maximum Gasteiger partial charge on any atom is 0.407 e. The number of carboxylic acids is 1. The van der Waals surface area contributed by atoms with Gasteiger partial charge in [0, 0.05) is 12.3 Å². The molecule has 0 spiro atoms. The number of carbonyl (C=O) groups is 2. The zero-order chi connectivity index (χ0) is 18.5. The van der Waals surface area contributed by atoms with Gasteiger partial charge in [0.05, 0.1) is 0 Å². The first-order valence-corrected chi connectivity index (χ1v) is 8.39. The molecule has 26 heavy (non-hydrogen) atoms. The molecule has 132 valence electrons. The van der Waals surface area contributed by atoms with Crippen LogP contribution in [0.3, 0.4) is 0 Å². The van der Waals surface area contributed by atoms with Gasteiger partial charge in [-0.3, -0.25) is 0 Å². The highest BCUT2D eigenvalue weighted by atomic mass is 16.5. The molecule has 1 aliphatic carbocycles. The number of carbonyl (C=O) groups excluding carboxylic acids is 1. The summed E-state index contributed by atoms with van der Waals surface area (Å²) in [6.45, 7) is 0.140. The van der Waals surface area contributed by atoms with Crippen molar-refractivity contribution in [2.75, 3.05) is 6.61 Å². The van der Waals surface area contributed by atoms with Crippen LogP contribution in [0.1, 0.15) is 29.9 Å². The standard InChI is InChI=1S/C21H19NO4/c1-2-3-12-19(20(23)24)22-21(25)26-13-18-16-10-6-4-8-14(16)15-9-5-7-11-17(15)18/h1,4-11,18-19H,3,12-13H2,(H,22,25)(H,23,24)/t19-/m1/s1. The number of aliphatic carboxylic acids is 1. The SMILES string of the molecule is C#CCC[C@@H](NC(=O)OCC1c2ccccc2-c2ccccc21)C(=O)O. The van der Waals surface area contributed by atoms with Crippen LogP contribution in [0.4, 0.5) is 4.79 Å². The second-order valence-corrected chi connectivity index (χ2v) is 6.10. The fourth-order valence-electron chi connectivity index (χ4n) is 3.27. The zero-order valence-electron chi connectivity index (χ0n) is 14.1. The predicted octanol–water partition coefficient (Wildman–Crippen LogP) is 3.39. The summed E-state index contributed by atoms with van der Waals surface area (Å²) in [5.74, 6) is 1.17. The Bertz CT molecular complexity index is 823. The van der Waals surface area contributed by atoms with Gasteiger partial charge in [0.25, 0.3) is 0 Å². The monoisotopic (exact) mass is 349 g/mol. The molecule has 1 amide bonds. The summed E-state index contributed by atoms with van der Waals surface area (Å²) in [5, 5.41) is 11.5. The lowest BCUT2D eigenvalue weighted by atomic mass is 9.98. The number of amides is 1. The molecular weight excluding hydrogens is 330 g/mol. The van der Waals surface area contributed by atoms with Gasteiger partial charge >= 0.3 is 12.1 Å². The van der Waals surface area contributed by atoms with Gasteiger partial charge in [-0.05, 0) is 28.7 Å². The summed E-state index contributed by atoms with van der Waals surface area (Å²) >= 11 is 0. The average Bonchev–Trinajstić information content (AvgIpc) is 2.97. The molecule has 2 aromatic carbocycles. The van der Waals surface area contributed by atoms with Crippen molar-refractivity contribution in [3.8, 4) is 23.5 Å². The van der Waals surface area contributed by atoms with Gasteiger partial charge in [-0.25, -0.2) is 9.59 Å². The van der Waals surface area contributed by atoms with Crippen molar-refractivity contribution in [2.45, 2.75) is 24.8 Å². The first-order valence-electron chi connectivity index (χ1n) is 8.39. The smallest absolute Gasteiger partial charge is 0.407 e. The third kappa shape index (κ3) is 3.55. The number of terminal acetylenes is 1. The van der Waals surface area contributed by atoms with E-state index in [9.17, 15) is 9.59 Å². The highest BCUT2D eigenvalue weighted by molar-refractivity contribution is 5.81. The molecule has 0 bridgehead atoms. The Labute approximate surface area is 152 Å². The lowest BCUT2D eigenvalue weighted by molar-refractivity contribution is -0.139. The van der Waals surface area contributed by atoms with Crippen molar-refractivity contribution in [1.29, 1.82) is 0 Å². The molecule has 2 N–H and O–H groups in total. The average molecular weight is 349 g/mol. The van der Waals surface area contributed by atoms with Crippen LogP contribution in [0.5, 0.6) is 0 Å². The number of hydrogen-bond donors (Lipinski definition) is 2. The van der Waals surface area contributed by atoms with Gasteiger partial charge in [-0.2, -0.15) is 0 Å². The largest absolute Gasteiger partial charge is 0.480 e. The number of ether oxygens (including phenoxy) is 1. The van der Waals surface area contributed by atoms with Crippen LogP contribution >= 0.6 is 0 Å². The Hall–Kier alpha value is -3.26. The molecular formula is C21H19NO4. The van der Waals surface area contributed by atoms with E-state index < -0.39 is 18.1 Å². The molecule has 3 rings (SSSR count). The van der Waals surface area contributed by atoms with Crippen molar-refractivity contribution in [2.24, 2.45) is 0 Å². The lowest BCUT2D eigenvalue weighted by Gasteiger charge is -2.17. The predicted molar refractivity (Wildman–Crippen MR) is 97.7 cm³/mol. The Morgan fingerprint density at radius 2 is 1.69 bits per heavy atom. The van der Waals surface area contributed by atoms with Gasteiger partial charge in [0.2, 0.25) is 0 Å². The topological polar surface area (TPSA) is 75.6 Å². The van der Waals surface area contributed by atoms with Gasteiger partial charge in [0.1, 0.15) is 12.6 Å². The van der Waals surface area contributed by atoms with E-state index >= 15 is 0 Å². The van der Waals surface area contributed by atoms with Crippen molar-refractivity contribution in [3.63, 3.8) is 0 Å². The Balaban J connectivity index is 1.69. The van der Waals surface area contributed by atoms with Gasteiger partial charge in [0.15, 0.2) is 0 Å². The van der Waals surface area contributed by atoms with E-state index in [1.165, 1.54) is 0 Å². The van der Waals surface area contributed by atoms with E-state index in [2.05, 4.69) is 23.4 Å². The summed E-state index contributed by atoms with van der Waals surface area (Å²) in [5.41, 5.74) is 4.47. The fraction of sp³-hybridized carbons (Fsp3) is 0.238. The highest BCUT2D eigenvalue weighted by Crippen LogP contribution is 2.44. The normalized spacial score (nSPS) is 13.2. The Morgan fingerprint density at radius 1 is 1.12 bits per heavy atom. The molecule has 5 heteroatoms. The Morgan fingerprint density at radius 3 is 2.23 bits per heavy atom. The van der Waals surface area contributed by atoms with E-state index in [0.717, 1.165) is 22.3 Å². The van der Waals surface area contributed by atoms with Crippen LogP contribution < -0.4 is 5.32 Å². The van der Waals surface area contributed by atoms with Crippen molar-refractivity contribution in [1.82, 2.24) is 5.32 Å². The molecule has 1 aliphatic rings. The molecule has 0 saturated carbocycles. The third-order valence-corrected chi connectivity index (χ3v) is 4.51. The van der Waals surface area contributed by atoms with Crippen molar-refractivity contribution < 1.29 is 19.4 Å². The fourth-order valence-corrected chi connectivity index (χ4v) is 3.27. The molecule has 5 nitrogen and oxygen atoms in total. The van der Waals surface area contributed by atoms with Gasteiger partial charge < -0.3 is 15.2 Å². The minimum atomic E-state index is -1.13. The van der Waals surface area contributed by atoms with Crippen LogP contribution in [0.25, 0.3) is 11.1 Å². The van der Waals surface area contributed by atoms with Crippen LogP contribution in [0.2, 0.25) is 0 Å². The van der Waals surface area contributed by atoms with Crippen LogP contribution in [0.15, 0.2) is 48.5 Å². The number of fused-ring (bicyclic) bond motifs is 3. The van der Waals surface area contributed by atoms with E-state index in [4.69, 9.17) is 16.3 Å². The molecule has 0 radical (unpaired) electrons. The summed E-state index contributed by atoms with van der Waals surface area (Å²) in [6.07, 6.45) is 4.83. The minimum Gasteiger partial charge on any atom is -0.480 e. The quantitative estimate of drug-likeness (QED) is 0.784. The summed E-state index contributed by atoms with van der Waals surface area (Å²) < 4.78 is 5.34. The third-order valence-electron chi connectivity index (χ3n) is 4.51. The van der Waals surface area contributed by atoms with Crippen LogP contribution in [-0.4, -0.2) is 29.8 Å². The van der Waals surface area contributed by atoms with E-state index in [-0.39, 0.29) is 25.4 Å². The first kappa shape index (κ1) is 17.6. The number of benzene rings is 2. The van der Waals surface area contributed by atoms with E-state index in [0.29, 0.717) is 0 Å². The number of hydrogen-bond acceptors (Lipinski definition) is 3. The van der Waals surface area contributed by atoms with E-state index in [1.807, 2.05) is 36.4 Å². The van der Waals surface area contributed by atoms with Crippen LogP contribution in [-0.2, 0) is 9.53 Å². The van der Waals surface area contributed by atoms with E-state index in [1.54, 1.807) is 0 Å². The summed E-state index contributed by atoms with van der Waals surface area (Å²) in [4.78, 5) is 23.2. The maximum absolute atomic E-state index is 12.1. The molecule has 0 fully saturated rings. The lowest BCUT2D eigenvalue weighted by Crippen LogP contribution is -2.41. The molecule has 1 atom stereocenters. The minimum absolute atomic E-state index is 0.0675. The highest BCUT2D eigenvalue weighted by Gasteiger charge is 2.29. The first-order chi connectivity index (χ1) is 12.6. The second-order valence-electron chi connectivity index (χ2n) is 6.10. The number of alkyl carbamates (subject to hydrolysis) is 1. The summed E-state index contributed by atoms with van der Waals surface area (Å²) in [6, 6.07) is 15.0. The maximum atomic E-state index is 12.1. The Kier molecular flexibility index (Phi) is 5.23. The molecule has 0 unspecified atom stereocenters. The number of rotatable bonds is 6. The number of nitrogens with one attached hydrogen (secondary N) is 1. The molecule has 2 aromatic rings. The van der Waals surface area contributed by atoms with Gasteiger partial charge in [-0.15, -0.1) is 12.3 Å². The summed E-state index contributed by atoms with van der Waals surface area (Å²) in [7, 11) is 0. The second kappa shape index (κ2) is 7.75. The number of carboxylic acid groups (broad SMARTS) is 1. The molecule has 0 aromatic heterocycles. The molecule has 0 aliphatic heterocycles. The zero-order valence-corrected chi connectivity index (χ0v) is 14.1. The molecule has 0 heterocycles. The van der Waals surface area contributed by atoms with Crippen molar-refractivity contribution in [3.05, 3.63) is 59.7 Å². The van der Waals surface area contributed by atoms with Crippen LogP contribution in [0, 0.1) is 12.3 Å². The van der Waals surface area contributed by atoms with Gasteiger partial charge in [-0.1, -0.05) is 48.5 Å². The van der Waals surface area contributed by atoms with Crippen molar-refractivity contribution >= 4 is 12.1 Å².